The summed E-state index contributed by atoms with van der Waals surface area (Å²) in [6.07, 6.45) is 0.341. The zero-order valence-corrected chi connectivity index (χ0v) is 11.7. The Bertz CT molecular complexity index is 566. The Kier molecular flexibility index (Phi) is 2.92. The van der Waals surface area contributed by atoms with Gasteiger partial charge in [-0.1, -0.05) is 83.9 Å². The highest BCUT2D eigenvalue weighted by Crippen LogP contribution is 2.59. The van der Waals surface area contributed by atoms with Crippen molar-refractivity contribution in [3.05, 3.63) is 71.8 Å². The van der Waals surface area contributed by atoms with Gasteiger partial charge in [-0.05, 0) is 11.1 Å². The van der Waals surface area contributed by atoms with Gasteiger partial charge in [0, 0.05) is 6.42 Å². The van der Waals surface area contributed by atoms with Crippen LogP contribution in [-0.2, 0) is 10.2 Å². The lowest BCUT2D eigenvalue weighted by molar-refractivity contribution is -0.128. The number of halogens is 2. The summed E-state index contributed by atoms with van der Waals surface area (Å²) in [4.78, 5) is 11.9. The molecule has 0 radical (unpaired) electrons. The molecule has 0 aromatic heterocycles. The van der Waals surface area contributed by atoms with E-state index in [1.807, 2.05) is 60.7 Å². The van der Waals surface area contributed by atoms with Gasteiger partial charge in [-0.25, -0.2) is 0 Å². The first-order valence-corrected chi connectivity index (χ1v) is 6.87. The van der Waals surface area contributed by atoms with Crippen LogP contribution in [0, 0.1) is 0 Å². The van der Waals surface area contributed by atoms with Crippen molar-refractivity contribution in [1.82, 2.24) is 0 Å². The summed E-state index contributed by atoms with van der Waals surface area (Å²) in [6, 6.07) is 19.5. The lowest BCUT2D eigenvalue weighted by Gasteiger charge is -2.51. The van der Waals surface area contributed by atoms with Crippen molar-refractivity contribution in [1.29, 1.82) is 0 Å². The molecule has 3 rings (SSSR count). The van der Waals surface area contributed by atoms with Gasteiger partial charge in [0.05, 0.1) is 5.41 Å². The van der Waals surface area contributed by atoms with Crippen LogP contribution < -0.4 is 0 Å². The van der Waals surface area contributed by atoms with E-state index in [4.69, 9.17) is 23.2 Å². The largest absolute Gasteiger partial charge is 0.296 e. The quantitative estimate of drug-likeness (QED) is 0.761. The van der Waals surface area contributed by atoms with E-state index >= 15 is 0 Å². The maximum absolute atomic E-state index is 11.9. The number of alkyl halides is 2. The SMILES string of the molecule is O=C1CC(c2ccccc2)(c2ccccc2)C1(Cl)Cl. The molecule has 2 aromatic carbocycles. The zero-order chi connectivity index (χ0) is 13.5. The van der Waals surface area contributed by atoms with Gasteiger partial charge < -0.3 is 0 Å². The standard InChI is InChI=1S/C16H12Cl2O/c17-16(18)14(19)11-15(16,12-7-3-1-4-8-12)13-9-5-2-6-10-13/h1-10H,11H2. The molecule has 1 nitrogen and oxygen atoms in total. The van der Waals surface area contributed by atoms with Gasteiger partial charge in [0.15, 0.2) is 10.1 Å². The fourth-order valence-corrected chi connectivity index (χ4v) is 3.48. The molecule has 0 unspecified atom stereocenters. The highest BCUT2D eigenvalue weighted by atomic mass is 35.5. The molecule has 3 heteroatoms. The maximum Gasteiger partial charge on any atom is 0.189 e. The van der Waals surface area contributed by atoms with Crippen LogP contribution in [0.15, 0.2) is 60.7 Å². The number of rotatable bonds is 2. The van der Waals surface area contributed by atoms with Crippen LogP contribution in [0.2, 0.25) is 0 Å². The third-order valence-corrected chi connectivity index (χ3v) is 4.91. The fourth-order valence-electron chi connectivity index (χ4n) is 2.77. The first-order chi connectivity index (χ1) is 9.09. The van der Waals surface area contributed by atoms with E-state index in [9.17, 15) is 4.79 Å². The van der Waals surface area contributed by atoms with E-state index in [-0.39, 0.29) is 5.78 Å². The Labute approximate surface area is 122 Å². The number of ketones is 1. The van der Waals surface area contributed by atoms with E-state index in [1.165, 1.54) is 0 Å². The molecule has 0 heterocycles. The molecule has 19 heavy (non-hydrogen) atoms. The summed E-state index contributed by atoms with van der Waals surface area (Å²) in [5.74, 6) is -0.122. The smallest absolute Gasteiger partial charge is 0.189 e. The number of carbonyl (C=O) groups excluding carboxylic acids is 1. The molecule has 0 amide bonds. The van der Waals surface area contributed by atoms with E-state index < -0.39 is 9.75 Å². The summed E-state index contributed by atoms with van der Waals surface area (Å²) in [6.45, 7) is 0. The Morgan fingerprint density at radius 1 is 0.789 bits per heavy atom. The highest BCUT2D eigenvalue weighted by molar-refractivity contribution is 6.62. The minimum absolute atomic E-state index is 0.122. The van der Waals surface area contributed by atoms with Gasteiger partial charge in [-0.15, -0.1) is 0 Å². The van der Waals surface area contributed by atoms with Crippen molar-refractivity contribution in [2.75, 3.05) is 0 Å². The molecule has 0 bridgehead atoms. The zero-order valence-electron chi connectivity index (χ0n) is 10.1. The highest BCUT2D eigenvalue weighted by Gasteiger charge is 2.66. The molecule has 96 valence electrons. The van der Waals surface area contributed by atoms with E-state index in [2.05, 4.69) is 0 Å². The molecule has 1 saturated carbocycles. The summed E-state index contributed by atoms with van der Waals surface area (Å²) in [5, 5.41) is 0. The molecule has 0 saturated heterocycles. The second-order valence-electron chi connectivity index (χ2n) is 4.81. The van der Waals surface area contributed by atoms with Crippen molar-refractivity contribution in [3.63, 3.8) is 0 Å². The molecule has 0 spiro atoms. The van der Waals surface area contributed by atoms with E-state index in [0.717, 1.165) is 11.1 Å². The van der Waals surface area contributed by atoms with Gasteiger partial charge in [0.2, 0.25) is 0 Å². The number of hydrogen-bond acceptors (Lipinski definition) is 1. The third-order valence-electron chi connectivity index (χ3n) is 3.85. The van der Waals surface area contributed by atoms with E-state index in [0.29, 0.717) is 6.42 Å². The number of hydrogen-bond donors (Lipinski definition) is 0. The Morgan fingerprint density at radius 2 is 1.21 bits per heavy atom. The molecule has 0 atom stereocenters. The summed E-state index contributed by atoms with van der Waals surface area (Å²) in [5.41, 5.74) is 1.31. The van der Waals surface area contributed by atoms with Crippen LogP contribution in [0.25, 0.3) is 0 Å². The lowest BCUT2D eigenvalue weighted by atomic mass is 9.59. The molecular formula is C16H12Cl2O. The minimum Gasteiger partial charge on any atom is -0.296 e. The van der Waals surface area contributed by atoms with Gasteiger partial charge >= 0.3 is 0 Å². The molecule has 1 aliphatic rings. The predicted octanol–water partition coefficient (Wildman–Crippen LogP) is 4.12. The van der Waals surface area contributed by atoms with Crippen LogP contribution in [-0.4, -0.2) is 10.1 Å². The molecule has 1 fully saturated rings. The van der Waals surface area contributed by atoms with E-state index in [1.54, 1.807) is 0 Å². The number of carbonyl (C=O) groups is 1. The van der Waals surface area contributed by atoms with Crippen LogP contribution in [0.4, 0.5) is 0 Å². The maximum atomic E-state index is 11.9. The average Bonchev–Trinajstić information content (AvgIpc) is 2.46. The first-order valence-electron chi connectivity index (χ1n) is 6.11. The van der Waals surface area contributed by atoms with Crippen molar-refractivity contribution in [3.8, 4) is 0 Å². The normalized spacial score (nSPS) is 19.8. The first kappa shape index (κ1) is 12.7. The summed E-state index contributed by atoms with van der Waals surface area (Å²) in [7, 11) is 0. The van der Waals surface area contributed by atoms with Crippen LogP contribution >= 0.6 is 23.2 Å². The number of Topliss-reactive ketones (excluding diaryl/α,β-unsaturated/α-hetero) is 1. The fraction of sp³-hybridized carbons (Fsp3) is 0.188. The van der Waals surface area contributed by atoms with Crippen molar-refractivity contribution in [2.45, 2.75) is 16.2 Å². The lowest BCUT2D eigenvalue weighted by Crippen LogP contribution is -2.61. The topological polar surface area (TPSA) is 17.1 Å². The second kappa shape index (κ2) is 4.36. The minimum atomic E-state index is -1.39. The van der Waals surface area contributed by atoms with Crippen LogP contribution in [0.3, 0.4) is 0 Å². The van der Waals surface area contributed by atoms with Crippen molar-refractivity contribution < 1.29 is 4.79 Å². The van der Waals surface area contributed by atoms with Gasteiger partial charge in [-0.2, -0.15) is 0 Å². The average molecular weight is 291 g/mol. The monoisotopic (exact) mass is 290 g/mol. The molecular weight excluding hydrogens is 279 g/mol. The summed E-state index contributed by atoms with van der Waals surface area (Å²) >= 11 is 12.7. The van der Waals surface area contributed by atoms with Gasteiger partial charge in [0.1, 0.15) is 0 Å². The number of benzene rings is 2. The Morgan fingerprint density at radius 3 is 1.53 bits per heavy atom. The Hall–Kier alpha value is -1.31. The third kappa shape index (κ3) is 1.65. The van der Waals surface area contributed by atoms with Crippen molar-refractivity contribution >= 4 is 29.0 Å². The Balaban J connectivity index is 2.22. The molecule has 2 aromatic rings. The summed E-state index contributed by atoms with van der Waals surface area (Å²) < 4.78 is -1.39. The van der Waals surface area contributed by atoms with Gasteiger partial charge in [0.25, 0.3) is 0 Å². The van der Waals surface area contributed by atoms with Crippen LogP contribution in [0.1, 0.15) is 17.5 Å². The molecule has 0 N–H and O–H groups in total. The predicted molar refractivity (Wildman–Crippen MR) is 77.7 cm³/mol. The van der Waals surface area contributed by atoms with Crippen LogP contribution in [0.5, 0.6) is 0 Å². The molecule has 1 aliphatic carbocycles. The molecule has 0 aliphatic heterocycles. The van der Waals surface area contributed by atoms with Crippen molar-refractivity contribution in [2.24, 2.45) is 0 Å². The second-order valence-corrected chi connectivity index (χ2v) is 6.14. The van der Waals surface area contributed by atoms with Gasteiger partial charge in [-0.3, -0.25) is 4.79 Å².